The van der Waals surface area contributed by atoms with Crippen LogP contribution in [0.5, 0.6) is 0 Å². The smallest absolute Gasteiger partial charge is 0.106 e. The molecule has 0 radical (unpaired) electrons. The van der Waals surface area contributed by atoms with Gasteiger partial charge < -0.3 is 10.2 Å². The van der Waals surface area contributed by atoms with Crippen molar-refractivity contribution in [2.75, 3.05) is 0 Å². The van der Waals surface area contributed by atoms with Gasteiger partial charge >= 0.3 is 0 Å². The first-order valence-electron chi connectivity index (χ1n) is 6.65. The molecular formula is C17H15NO2. The zero-order valence-electron chi connectivity index (χ0n) is 11.0. The predicted octanol–water partition coefficient (Wildman–Crippen LogP) is 2.57. The van der Waals surface area contributed by atoms with Crippen LogP contribution >= 0.6 is 0 Å². The van der Waals surface area contributed by atoms with Crippen molar-refractivity contribution in [2.24, 2.45) is 0 Å². The number of aliphatic hydroxyl groups excluding tert-OH is 2. The topological polar surface area (TPSA) is 64.2 Å². The van der Waals surface area contributed by atoms with E-state index in [-0.39, 0.29) is 6.42 Å². The van der Waals surface area contributed by atoms with E-state index in [1.165, 1.54) is 16.7 Å². The summed E-state index contributed by atoms with van der Waals surface area (Å²) < 4.78 is 0. The van der Waals surface area contributed by atoms with Crippen LogP contribution in [0.1, 0.15) is 29.2 Å². The zero-order chi connectivity index (χ0) is 14.1. The lowest BCUT2D eigenvalue weighted by molar-refractivity contribution is 0.0216. The van der Waals surface area contributed by atoms with Crippen molar-refractivity contribution < 1.29 is 10.2 Å². The lowest BCUT2D eigenvalue weighted by atomic mass is 9.97. The second-order valence-electron chi connectivity index (χ2n) is 5.12. The van der Waals surface area contributed by atoms with Crippen LogP contribution in [0.3, 0.4) is 0 Å². The number of nitriles is 1. The monoisotopic (exact) mass is 265 g/mol. The maximum absolute atomic E-state index is 10.1. The molecule has 2 N–H and O–H groups in total. The van der Waals surface area contributed by atoms with Gasteiger partial charge in [-0.3, -0.25) is 0 Å². The van der Waals surface area contributed by atoms with Crippen LogP contribution in [0, 0.1) is 11.3 Å². The number of nitrogens with zero attached hydrogens (tertiary/aromatic N) is 1. The third kappa shape index (κ3) is 2.09. The molecule has 1 aliphatic rings. The van der Waals surface area contributed by atoms with Crippen molar-refractivity contribution in [1.29, 1.82) is 5.26 Å². The standard InChI is InChI=1S/C17H15NO2/c18-8-7-16(19)17(20)12-5-6-15-13(10-12)9-11-3-1-2-4-14(11)15/h1-6,10,16-17,19-20H,7,9H2. The molecule has 3 nitrogen and oxygen atoms in total. The molecule has 2 aromatic rings. The molecule has 2 unspecified atom stereocenters. The third-order valence-electron chi connectivity index (χ3n) is 3.82. The van der Waals surface area contributed by atoms with E-state index in [0.29, 0.717) is 5.56 Å². The van der Waals surface area contributed by atoms with Gasteiger partial charge in [-0.2, -0.15) is 5.26 Å². The van der Waals surface area contributed by atoms with Crippen molar-refractivity contribution in [2.45, 2.75) is 25.0 Å². The van der Waals surface area contributed by atoms with Gasteiger partial charge in [0.1, 0.15) is 6.10 Å². The lowest BCUT2D eigenvalue weighted by Gasteiger charge is -2.16. The number of benzene rings is 2. The fourth-order valence-corrected chi connectivity index (χ4v) is 2.78. The molecule has 0 fully saturated rings. The zero-order valence-corrected chi connectivity index (χ0v) is 11.0. The van der Waals surface area contributed by atoms with E-state index in [4.69, 9.17) is 5.26 Å². The van der Waals surface area contributed by atoms with Crippen LogP contribution in [-0.2, 0) is 6.42 Å². The van der Waals surface area contributed by atoms with Gasteiger partial charge in [0.05, 0.1) is 18.6 Å². The molecule has 2 aromatic carbocycles. The summed E-state index contributed by atoms with van der Waals surface area (Å²) in [5.74, 6) is 0. The summed E-state index contributed by atoms with van der Waals surface area (Å²) in [6, 6.07) is 15.9. The van der Waals surface area contributed by atoms with Gasteiger partial charge in [-0.1, -0.05) is 42.5 Å². The average molecular weight is 265 g/mol. The molecule has 1 aliphatic carbocycles. The van der Waals surface area contributed by atoms with Gasteiger partial charge in [-0.15, -0.1) is 0 Å². The van der Waals surface area contributed by atoms with Crippen molar-refractivity contribution in [3.05, 3.63) is 59.2 Å². The minimum Gasteiger partial charge on any atom is -0.389 e. The van der Waals surface area contributed by atoms with Crippen LogP contribution in [0.15, 0.2) is 42.5 Å². The van der Waals surface area contributed by atoms with Gasteiger partial charge in [0.2, 0.25) is 0 Å². The largest absolute Gasteiger partial charge is 0.389 e. The quantitative estimate of drug-likeness (QED) is 0.765. The SMILES string of the molecule is N#CCC(O)C(O)c1ccc2c(c1)Cc1ccccc1-2. The first-order valence-corrected chi connectivity index (χ1v) is 6.65. The summed E-state index contributed by atoms with van der Waals surface area (Å²) in [5, 5.41) is 28.4. The van der Waals surface area contributed by atoms with Gasteiger partial charge in [0.25, 0.3) is 0 Å². The fourth-order valence-electron chi connectivity index (χ4n) is 2.78. The summed E-state index contributed by atoms with van der Waals surface area (Å²) in [4.78, 5) is 0. The minimum absolute atomic E-state index is 0.0710. The highest BCUT2D eigenvalue weighted by atomic mass is 16.3. The van der Waals surface area contributed by atoms with Gasteiger partial charge in [-0.05, 0) is 34.2 Å². The predicted molar refractivity (Wildman–Crippen MR) is 75.9 cm³/mol. The van der Waals surface area contributed by atoms with E-state index < -0.39 is 12.2 Å². The maximum Gasteiger partial charge on any atom is 0.106 e. The molecule has 100 valence electrons. The molecule has 0 spiro atoms. The Morgan fingerprint density at radius 1 is 1.05 bits per heavy atom. The van der Waals surface area contributed by atoms with Crippen molar-refractivity contribution in [3.8, 4) is 17.2 Å². The Morgan fingerprint density at radius 2 is 1.80 bits per heavy atom. The number of aliphatic hydroxyl groups is 2. The van der Waals surface area contributed by atoms with Gasteiger partial charge in [0, 0.05) is 0 Å². The Balaban J connectivity index is 1.93. The number of fused-ring (bicyclic) bond motifs is 3. The molecule has 0 aromatic heterocycles. The van der Waals surface area contributed by atoms with E-state index in [1.807, 2.05) is 36.4 Å². The van der Waals surface area contributed by atoms with Crippen LogP contribution in [-0.4, -0.2) is 16.3 Å². The van der Waals surface area contributed by atoms with Crippen LogP contribution in [0.4, 0.5) is 0 Å². The van der Waals surface area contributed by atoms with Crippen molar-refractivity contribution in [1.82, 2.24) is 0 Å². The third-order valence-corrected chi connectivity index (χ3v) is 3.82. The van der Waals surface area contributed by atoms with Crippen LogP contribution in [0.25, 0.3) is 11.1 Å². The molecule has 20 heavy (non-hydrogen) atoms. The summed E-state index contributed by atoms with van der Waals surface area (Å²) in [6.45, 7) is 0. The molecule has 0 saturated heterocycles. The second kappa shape index (κ2) is 5.09. The van der Waals surface area contributed by atoms with Crippen molar-refractivity contribution >= 4 is 0 Å². The van der Waals surface area contributed by atoms with E-state index in [1.54, 1.807) is 0 Å². The Kier molecular flexibility index (Phi) is 3.27. The van der Waals surface area contributed by atoms with Crippen molar-refractivity contribution in [3.63, 3.8) is 0 Å². The fraction of sp³-hybridized carbons (Fsp3) is 0.235. The van der Waals surface area contributed by atoms with E-state index in [0.717, 1.165) is 12.0 Å². The molecule has 0 aliphatic heterocycles. The van der Waals surface area contributed by atoms with Crippen LogP contribution in [0.2, 0.25) is 0 Å². The Hall–Kier alpha value is -2.15. The first-order chi connectivity index (χ1) is 9.70. The van der Waals surface area contributed by atoms with E-state index >= 15 is 0 Å². The molecule has 0 heterocycles. The molecule has 0 bridgehead atoms. The minimum atomic E-state index is -1.04. The highest BCUT2D eigenvalue weighted by Crippen LogP contribution is 2.37. The Morgan fingerprint density at radius 3 is 2.60 bits per heavy atom. The number of rotatable bonds is 3. The average Bonchev–Trinajstić information content (AvgIpc) is 2.84. The summed E-state index contributed by atoms with van der Waals surface area (Å²) in [6.07, 6.45) is -1.27. The van der Waals surface area contributed by atoms with E-state index in [2.05, 4.69) is 12.1 Å². The molecule has 0 amide bonds. The Labute approximate surface area is 117 Å². The highest BCUT2D eigenvalue weighted by molar-refractivity contribution is 5.76. The molecular weight excluding hydrogens is 250 g/mol. The summed E-state index contributed by atoms with van der Waals surface area (Å²) in [7, 11) is 0. The lowest BCUT2D eigenvalue weighted by Crippen LogP contribution is -2.17. The molecule has 2 atom stereocenters. The van der Waals surface area contributed by atoms with Gasteiger partial charge in [0.15, 0.2) is 0 Å². The normalized spacial score (nSPS) is 15.1. The molecule has 3 heteroatoms. The second-order valence-corrected chi connectivity index (χ2v) is 5.12. The number of hydrogen-bond acceptors (Lipinski definition) is 3. The summed E-state index contributed by atoms with van der Waals surface area (Å²) in [5.41, 5.74) is 5.53. The van der Waals surface area contributed by atoms with Gasteiger partial charge in [-0.25, -0.2) is 0 Å². The first kappa shape index (κ1) is 12.9. The van der Waals surface area contributed by atoms with E-state index in [9.17, 15) is 10.2 Å². The molecule has 3 rings (SSSR count). The summed E-state index contributed by atoms with van der Waals surface area (Å²) >= 11 is 0. The Bertz CT molecular complexity index is 688. The van der Waals surface area contributed by atoms with Crippen LogP contribution < -0.4 is 0 Å². The number of hydrogen-bond donors (Lipinski definition) is 2. The highest BCUT2D eigenvalue weighted by Gasteiger charge is 2.22. The molecule has 0 saturated carbocycles. The maximum atomic E-state index is 10.1.